The highest BCUT2D eigenvalue weighted by molar-refractivity contribution is 5.99. The molecule has 2 aromatic carbocycles. The van der Waals surface area contributed by atoms with Crippen molar-refractivity contribution in [2.45, 2.75) is 25.5 Å². The first-order valence-corrected chi connectivity index (χ1v) is 8.95. The van der Waals surface area contributed by atoms with Gasteiger partial charge in [-0.2, -0.15) is 0 Å². The van der Waals surface area contributed by atoms with Gasteiger partial charge in [-0.25, -0.2) is 0 Å². The van der Waals surface area contributed by atoms with Crippen molar-refractivity contribution in [2.24, 2.45) is 11.7 Å². The maximum atomic E-state index is 12.8. The molecule has 0 aliphatic heterocycles. The molecule has 1 aliphatic rings. The number of halogens is 1. The van der Waals surface area contributed by atoms with Crippen molar-refractivity contribution in [3.8, 4) is 5.75 Å². The lowest BCUT2D eigenvalue weighted by atomic mass is 10.1. The van der Waals surface area contributed by atoms with E-state index in [-0.39, 0.29) is 31.0 Å². The molecule has 0 spiro atoms. The lowest BCUT2D eigenvalue weighted by Crippen LogP contribution is -2.41. The van der Waals surface area contributed by atoms with Gasteiger partial charge in [-0.1, -0.05) is 36.4 Å². The molecule has 0 bridgehead atoms. The smallest absolute Gasteiger partial charge is 0.287 e. The fraction of sp³-hybridized carbons (Fsp3) is 0.286. The summed E-state index contributed by atoms with van der Waals surface area (Å²) in [5.41, 5.74) is 7.26. The first-order chi connectivity index (χ1) is 12.8. The number of rotatable bonds is 7. The van der Waals surface area contributed by atoms with Gasteiger partial charge in [0.05, 0.1) is 0 Å². The Bertz CT molecular complexity index is 906. The molecule has 142 valence electrons. The standard InChI is InChI=1S/C21H22N2O3.ClH/c22-12-18(14-10-11-14)23-21(24)20-17(13-25-15-6-2-1-3-7-15)16-8-4-5-9-19(16)26-20;/h1-9,14,18H,10-13,22H2,(H,23,24);1H. The average molecular weight is 387 g/mol. The Labute approximate surface area is 164 Å². The van der Waals surface area contributed by atoms with E-state index in [1.807, 2.05) is 54.6 Å². The third-order valence-electron chi connectivity index (χ3n) is 4.79. The van der Waals surface area contributed by atoms with E-state index in [9.17, 15) is 4.79 Å². The summed E-state index contributed by atoms with van der Waals surface area (Å²) in [6, 6.07) is 17.2. The maximum Gasteiger partial charge on any atom is 0.287 e. The highest BCUT2D eigenvalue weighted by Crippen LogP contribution is 2.33. The minimum absolute atomic E-state index is 0. The van der Waals surface area contributed by atoms with E-state index >= 15 is 0 Å². The second-order valence-corrected chi connectivity index (χ2v) is 6.66. The number of hydrogen-bond donors (Lipinski definition) is 2. The molecule has 4 rings (SSSR count). The van der Waals surface area contributed by atoms with Gasteiger partial charge in [0.2, 0.25) is 0 Å². The summed E-state index contributed by atoms with van der Waals surface area (Å²) >= 11 is 0. The second-order valence-electron chi connectivity index (χ2n) is 6.66. The van der Waals surface area contributed by atoms with Gasteiger partial charge in [0.25, 0.3) is 5.91 Å². The van der Waals surface area contributed by atoms with E-state index in [1.54, 1.807) is 0 Å². The topological polar surface area (TPSA) is 77.5 Å². The van der Waals surface area contributed by atoms with Gasteiger partial charge in [-0.15, -0.1) is 12.4 Å². The molecule has 27 heavy (non-hydrogen) atoms. The number of ether oxygens (including phenoxy) is 1. The van der Waals surface area contributed by atoms with Gasteiger partial charge in [0, 0.05) is 23.5 Å². The molecule has 1 saturated carbocycles. The normalized spacial score (nSPS) is 14.4. The fourth-order valence-corrected chi connectivity index (χ4v) is 3.20. The Balaban J connectivity index is 0.00000210. The summed E-state index contributed by atoms with van der Waals surface area (Å²) in [6.07, 6.45) is 2.23. The molecule has 5 nitrogen and oxygen atoms in total. The highest BCUT2D eigenvalue weighted by Gasteiger charge is 2.32. The van der Waals surface area contributed by atoms with Gasteiger partial charge < -0.3 is 20.2 Å². The molecule has 3 N–H and O–H groups in total. The van der Waals surface area contributed by atoms with Crippen molar-refractivity contribution < 1.29 is 13.9 Å². The summed E-state index contributed by atoms with van der Waals surface area (Å²) in [6.45, 7) is 0.701. The third kappa shape index (κ3) is 4.26. The zero-order valence-electron chi connectivity index (χ0n) is 14.9. The quantitative estimate of drug-likeness (QED) is 0.645. The maximum absolute atomic E-state index is 12.8. The van der Waals surface area contributed by atoms with Crippen molar-refractivity contribution in [3.05, 3.63) is 65.9 Å². The molecule has 1 aromatic heterocycles. The molecule has 1 unspecified atom stereocenters. The zero-order valence-corrected chi connectivity index (χ0v) is 15.7. The number of fused-ring (bicyclic) bond motifs is 1. The predicted molar refractivity (Wildman–Crippen MR) is 107 cm³/mol. The Morgan fingerprint density at radius 3 is 2.56 bits per heavy atom. The van der Waals surface area contributed by atoms with Crippen LogP contribution in [0.1, 0.15) is 29.0 Å². The number of benzene rings is 2. The molecule has 0 radical (unpaired) electrons. The monoisotopic (exact) mass is 386 g/mol. The third-order valence-corrected chi connectivity index (χ3v) is 4.79. The van der Waals surface area contributed by atoms with Gasteiger partial charge in [0.15, 0.2) is 5.76 Å². The van der Waals surface area contributed by atoms with E-state index in [0.717, 1.165) is 29.5 Å². The summed E-state index contributed by atoms with van der Waals surface area (Å²) in [7, 11) is 0. The molecule has 3 aromatic rings. The van der Waals surface area contributed by atoms with Crippen molar-refractivity contribution in [3.63, 3.8) is 0 Å². The molecule has 6 heteroatoms. The van der Waals surface area contributed by atoms with Crippen LogP contribution in [0.15, 0.2) is 59.0 Å². The Morgan fingerprint density at radius 1 is 1.15 bits per heavy atom. The van der Waals surface area contributed by atoms with E-state index in [4.69, 9.17) is 14.9 Å². The minimum atomic E-state index is -0.227. The van der Waals surface area contributed by atoms with Crippen LogP contribution in [0.5, 0.6) is 5.75 Å². The van der Waals surface area contributed by atoms with Gasteiger partial charge >= 0.3 is 0 Å². The molecule has 1 fully saturated rings. The predicted octanol–water partition coefficient (Wildman–Crippen LogP) is 3.90. The summed E-state index contributed by atoms with van der Waals surface area (Å²) in [4.78, 5) is 12.8. The Morgan fingerprint density at radius 2 is 1.85 bits per heavy atom. The van der Waals surface area contributed by atoms with Gasteiger partial charge in [0.1, 0.15) is 17.9 Å². The number of hydrogen-bond acceptors (Lipinski definition) is 4. The van der Waals surface area contributed by atoms with Crippen LogP contribution in [0.4, 0.5) is 0 Å². The first-order valence-electron chi connectivity index (χ1n) is 8.95. The van der Waals surface area contributed by atoms with Crippen LogP contribution in [0, 0.1) is 5.92 Å². The van der Waals surface area contributed by atoms with Gasteiger partial charge in [-0.05, 0) is 37.0 Å². The molecule has 1 heterocycles. The molecule has 1 amide bonds. The van der Waals surface area contributed by atoms with Crippen LogP contribution < -0.4 is 15.8 Å². The Kier molecular flexibility index (Phi) is 6.04. The lowest BCUT2D eigenvalue weighted by molar-refractivity contribution is 0.0904. The van der Waals surface area contributed by atoms with Crippen LogP contribution in [0.2, 0.25) is 0 Å². The van der Waals surface area contributed by atoms with Crippen molar-refractivity contribution in [1.82, 2.24) is 5.32 Å². The average Bonchev–Trinajstić information content (AvgIpc) is 3.46. The number of carbonyl (C=O) groups is 1. The first kappa shape index (κ1) is 19.3. The number of furan rings is 1. The van der Waals surface area contributed by atoms with Crippen molar-refractivity contribution in [2.75, 3.05) is 6.54 Å². The number of nitrogens with two attached hydrogens (primary N) is 1. The molecular weight excluding hydrogens is 364 g/mol. The fourth-order valence-electron chi connectivity index (χ4n) is 3.20. The largest absolute Gasteiger partial charge is 0.489 e. The second kappa shape index (κ2) is 8.46. The van der Waals surface area contributed by atoms with Crippen molar-refractivity contribution >= 4 is 29.3 Å². The van der Waals surface area contributed by atoms with E-state index in [1.165, 1.54) is 0 Å². The van der Waals surface area contributed by atoms with Gasteiger partial charge in [-0.3, -0.25) is 4.79 Å². The summed E-state index contributed by atoms with van der Waals surface area (Å²) < 4.78 is 11.7. The molecule has 1 atom stereocenters. The summed E-state index contributed by atoms with van der Waals surface area (Å²) in [5.74, 6) is 1.32. The number of carbonyl (C=O) groups excluding carboxylic acids is 1. The van der Waals surface area contributed by atoms with E-state index in [2.05, 4.69) is 5.32 Å². The van der Waals surface area contributed by atoms with Crippen LogP contribution in [0.25, 0.3) is 11.0 Å². The van der Waals surface area contributed by atoms with E-state index < -0.39 is 0 Å². The zero-order chi connectivity index (χ0) is 17.9. The lowest BCUT2D eigenvalue weighted by Gasteiger charge is -2.15. The number of nitrogens with one attached hydrogen (secondary N) is 1. The van der Waals surface area contributed by atoms with Crippen molar-refractivity contribution in [1.29, 1.82) is 0 Å². The number of para-hydroxylation sites is 2. The molecule has 0 saturated heterocycles. The van der Waals surface area contributed by atoms with Crippen LogP contribution >= 0.6 is 12.4 Å². The SMILES string of the molecule is Cl.NCC(NC(=O)c1oc2ccccc2c1COc1ccccc1)C1CC1. The Hall–Kier alpha value is -2.50. The van der Waals surface area contributed by atoms with E-state index in [0.29, 0.717) is 23.8 Å². The molecular formula is C21H23ClN2O3. The van der Waals surface area contributed by atoms with Crippen LogP contribution in [-0.4, -0.2) is 18.5 Å². The summed E-state index contributed by atoms with van der Waals surface area (Å²) in [5, 5.41) is 3.92. The molecule has 1 aliphatic carbocycles. The van der Waals surface area contributed by atoms with Crippen LogP contribution in [-0.2, 0) is 6.61 Å². The van der Waals surface area contributed by atoms with Crippen LogP contribution in [0.3, 0.4) is 0 Å². The minimum Gasteiger partial charge on any atom is -0.489 e. The highest BCUT2D eigenvalue weighted by atomic mass is 35.5. The number of amides is 1.